The lowest BCUT2D eigenvalue weighted by atomic mass is 9.95. The number of aliphatic hydroxyl groups is 1. The van der Waals surface area contributed by atoms with Crippen LogP contribution in [0, 0.1) is 17.7 Å². The molecule has 5 heteroatoms. The Morgan fingerprint density at radius 1 is 1.26 bits per heavy atom. The third kappa shape index (κ3) is 5.29. The van der Waals surface area contributed by atoms with Crippen LogP contribution in [-0.4, -0.2) is 42.1 Å². The summed E-state index contributed by atoms with van der Waals surface area (Å²) >= 11 is 0. The van der Waals surface area contributed by atoms with Crippen LogP contribution in [0.1, 0.15) is 38.4 Å². The van der Waals surface area contributed by atoms with Gasteiger partial charge in [0.1, 0.15) is 5.82 Å². The number of hydrogen-bond donors (Lipinski definition) is 2. The maximum absolute atomic E-state index is 13.0. The highest BCUT2D eigenvalue weighted by atomic mass is 19.1. The minimum Gasteiger partial charge on any atom is -0.387 e. The Labute approximate surface area is 137 Å². The van der Waals surface area contributed by atoms with Gasteiger partial charge in [-0.2, -0.15) is 0 Å². The second kappa shape index (κ2) is 8.41. The minimum absolute atomic E-state index is 0.0374. The average Bonchev–Trinajstić information content (AvgIpc) is 2.54. The molecule has 1 heterocycles. The van der Waals surface area contributed by atoms with E-state index in [0.717, 1.165) is 25.9 Å². The third-order valence-corrected chi connectivity index (χ3v) is 4.23. The largest absolute Gasteiger partial charge is 0.387 e. The molecule has 1 unspecified atom stereocenters. The van der Waals surface area contributed by atoms with Gasteiger partial charge in [0.25, 0.3) is 0 Å². The summed E-state index contributed by atoms with van der Waals surface area (Å²) in [5.74, 6) is 0.170. The SMILES string of the molecule is CC(C)CN(CC(O)c1ccc(F)cc1)C(=O)C1CCNCC1. The van der Waals surface area contributed by atoms with Gasteiger partial charge < -0.3 is 15.3 Å². The van der Waals surface area contributed by atoms with Crippen molar-refractivity contribution in [1.29, 1.82) is 0 Å². The minimum atomic E-state index is -0.792. The summed E-state index contributed by atoms with van der Waals surface area (Å²) in [6.07, 6.45) is 0.903. The zero-order valence-corrected chi connectivity index (χ0v) is 14.0. The van der Waals surface area contributed by atoms with E-state index in [-0.39, 0.29) is 24.2 Å². The second-order valence-electron chi connectivity index (χ2n) is 6.73. The number of amides is 1. The molecule has 1 amide bonds. The highest BCUT2D eigenvalue weighted by Gasteiger charge is 2.27. The van der Waals surface area contributed by atoms with Gasteiger partial charge in [0, 0.05) is 12.5 Å². The van der Waals surface area contributed by atoms with E-state index in [0.29, 0.717) is 18.0 Å². The standard InChI is InChI=1S/C18H27FN2O2/c1-13(2)11-21(18(23)15-7-9-20-10-8-15)12-17(22)14-3-5-16(19)6-4-14/h3-6,13,15,17,20,22H,7-12H2,1-2H3. The molecule has 1 aromatic rings. The topological polar surface area (TPSA) is 52.6 Å². The Bertz CT molecular complexity index is 498. The smallest absolute Gasteiger partial charge is 0.225 e. The molecule has 2 N–H and O–H groups in total. The van der Waals surface area contributed by atoms with Crippen LogP contribution in [0.3, 0.4) is 0 Å². The van der Waals surface area contributed by atoms with Gasteiger partial charge in [-0.05, 0) is 49.5 Å². The van der Waals surface area contributed by atoms with E-state index >= 15 is 0 Å². The van der Waals surface area contributed by atoms with Gasteiger partial charge in [0.15, 0.2) is 0 Å². The first kappa shape index (κ1) is 17.9. The highest BCUT2D eigenvalue weighted by molar-refractivity contribution is 5.79. The van der Waals surface area contributed by atoms with Crippen LogP contribution in [0.5, 0.6) is 0 Å². The fourth-order valence-electron chi connectivity index (χ4n) is 3.02. The highest BCUT2D eigenvalue weighted by Crippen LogP contribution is 2.20. The molecule has 0 radical (unpaired) electrons. The number of carbonyl (C=O) groups excluding carboxylic acids is 1. The van der Waals surface area contributed by atoms with Crippen molar-refractivity contribution in [2.45, 2.75) is 32.8 Å². The summed E-state index contributed by atoms with van der Waals surface area (Å²) in [4.78, 5) is 14.6. The molecule has 1 atom stereocenters. The third-order valence-electron chi connectivity index (χ3n) is 4.23. The average molecular weight is 322 g/mol. The first-order valence-electron chi connectivity index (χ1n) is 8.40. The van der Waals surface area contributed by atoms with E-state index in [1.165, 1.54) is 12.1 Å². The molecule has 1 saturated heterocycles. The van der Waals surface area contributed by atoms with Crippen molar-refractivity contribution in [3.63, 3.8) is 0 Å². The summed E-state index contributed by atoms with van der Waals surface area (Å²) in [5, 5.41) is 13.7. The van der Waals surface area contributed by atoms with Crippen molar-refractivity contribution in [1.82, 2.24) is 10.2 Å². The Balaban J connectivity index is 2.04. The lowest BCUT2D eigenvalue weighted by molar-refractivity contribution is -0.138. The molecule has 1 aliphatic heterocycles. The normalized spacial score (nSPS) is 17.3. The number of nitrogens with one attached hydrogen (secondary N) is 1. The van der Waals surface area contributed by atoms with Gasteiger partial charge in [0.2, 0.25) is 5.91 Å². The Hall–Kier alpha value is -1.46. The lowest BCUT2D eigenvalue weighted by Gasteiger charge is -2.32. The van der Waals surface area contributed by atoms with Gasteiger partial charge in [-0.15, -0.1) is 0 Å². The van der Waals surface area contributed by atoms with Crippen LogP contribution >= 0.6 is 0 Å². The maximum atomic E-state index is 13.0. The molecular formula is C18H27FN2O2. The summed E-state index contributed by atoms with van der Waals surface area (Å²) in [6, 6.07) is 5.81. The van der Waals surface area contributed by atoms with Gasteiger partial charge in [0.05, 0.1) is 12.6 Å². The summed E-state index contributed by atoms with van der Waals surface area (Å²) in [6.45, 7) is 6.74. The molecular weight excluding hydrogens is 295 g/mol. The van der Waals surface area contributed by atoms with Gasteiger partial charge >= 0.3 is 0 Å². The van der Waals surface area contributed by atoms with Crippen molar-refractivity contribution in [3.8, 4) is 0 Å². The van der Waals surface area contributed by atoms with E-state index in [2.05, 4.69) is 19.2 Å². The molecule has 1 aliphatic rings. The Morgan fingerprint density at radius 2 is 1.87 bits per heavy atom. The van der Waals surface area contributed by atoms with Crippen LogP contribution in [0.15, 0.2) is 24.3 Å². The number of benzene rings is 1. The first-order valence-corrected chi connectivity index (χ1v) is 8.40. The van der Waals surface area contributed by atoms with Crippen molar-refractivity contribution < 1.29 is 14.3 Å². The van der Waals surface area contributed by atoms with E-state index in [9.17, 15) is 14.3 Å². The molecule has 2 rings (SSSR count). The molecule has 0 aromatic heterocycles. The van der Waals surface area contributed by atoms with Gasteiger partial charge in [-0.3, -0.25) is 4.79 Å². The summed E-state index contributed by atoms with van der Waals surface area (Å²) < 4.78 is 13.0. The molecule has 0 bridgehead atoms. The van der Waals surface area contributed by atoms with E-state index in [1.807, 2.05) is 0 Å². The fraction of sp³-hybridized carbons (Fsp3) is 0.611. The monoisotopic (exact) mass is 322 g/mol. The first-order chi connectivity index (χ1) is 11.0. The zero-order chi connectivity index (χ0) is 16.8. The Kier molecular flexibility index (Phi) is 6.54. The molecule has 1 fully saturated rings. The van der Waals surface area contributed by atoms with E-state index in [4.69, 9.17) is 0 Å². The number of rotatable bonds is 6. The summed E-state index contributed by atoms with van der Waals surface area (Å²) in [7, 11) is 0. The lowest BCUT2D eigenvalue weighted by Crippen LogP contribution is -2.44. The Morgan fingerprint density at radius 3 is 2.43 bits per heavy atom. The van der Waals surface area contributed by atoms with Gasteiger partial charge in [-0.1, -0.05) is 26.0 Å². The van der Waals surface area contributed by atoms with Crippen molar-refractivity contribution >= 4 is 5.91 Å². The van der Waals surface area contributed by atoms with Crippen molar-refractivity contribution in [2.75, 3.05) is 26.2 Å². The van der Waals surface area contributed by atoms with Crippen LogP contribution in [0.4, 0.5) is 4.39 Å². The van der Waals surface area contributed by atoms with Gasteiger partial charge in [-0.25, -0.2) is 4.39 Å². The van der Waals surface area contributed by atoms with Crippen molar-refractivity contribution in [3.05, 3.63) is 35.6 Å². The predicted molar refractivity (Wildman–Crippen MR) is 88.4 cm³/mol. The maximum Gasteiger partial charge on any atom is 0.225 e. The fourth-order valence-corrected chi connectivity index (χ4v) is 3.02. The zero-order valence-electron chi connectivity index (χ0n) is 14.0. The molecule has 0 spiro atoms. The predicted octanol–water partition coefficient (Wildman–Crippen LogP) is 2.34. The number of nitrogens with zero attached hydrogens (tertiary/aromatic N) is 1. The number of carbonyl (C=O) groups is 1. The quantitative estimate of drug-likeness (QED) is 0.845. The molecule has 0 saturated carbocycles. The van der Waals surface area contributed by atoms with Crippen LogP contribution in [0.25, 0.3) is 0 Å². The van der Waals surface area contributed by atoms with E-state index in [1.54, 1.807) is 17.0 Å². The molecule has 0 aliphatic carbocycles. The van der Waals surface area contributed by atoms with Crippen LogP contribution < -0.4 is 5.32 Å². The number of piperidine rings is 1. The molecule has 128 valence electrons. The molecule has 4 nitrogen and oxygen atoms in total. The van der Waals surface area contributed by atoms with Crippen LogP contribution in [0.2, 0.25) is 0 Å². The second-order valence-corrected chi connectivity index (χ2v) is 6.73. The van der Waals surface area contributed by atoms with Crippen molar-refractivity contribution in [2.24, 2.45) is 11.8 Å². The van der Waals surface area contributed by atoms with E-state index < -0.39 is 6.10 Å². The number of hydrogen-bond acceptors (Lipinski definition) is 3. The molecule has 1 aromatic carbocycles. The molecule has 23 heavy (non-hydrogen) atoms. The number of aliphatic hydroxyl groups excluding tert-OH is 1. The van der Waals surface area contributed by atoms with Crippen LogP contribution in [-0.2, 0) is 4.79 Å². The summed E-state index contributed by atoms with van der Waals surface area (Å²) in [5.41, 5.74) is 0.637. The number of halogens is 1.